The predicted octanol–water partition coefficient (Wildman–Crippen LogP) is 5.89. The van der Waals surface area contributed by atoms with Crippen molar-refractivity contribution in [3.05, 3.63) is 82.9 Å². The lowest BCUT2D eigenvalue weighted by molar-refractivity contribution is 0.0889. The van der Waals surface area contributed by atoms with Gasteiger partial charge >= 0.3 is 6.16 Å². The van der Waals surface area contributed by atoms with E-state index in [0.29, 0.717) is 41.2 Å². The van der Waals surface area contributed by atoms with Crippen molar-refractivity contribution in [3.8, 4) is 16.9 Å². The van der Waals surface area contributed by atoms with Crippen LogP contribution in [0, 0.1) is 5.82 Å². The van der Waals surface area contributed by atoms with E-state index in [1.54, 1.807) is 12.1 Å². The molecule has 2 heterocycles. The zero-order valence-corrected chi connectivity index (χ0v) is 19.6. The molecule has 3 aromatic rings. The third-order valence-electron chi connectivity index (χ3n) is 6.75. The first-order chi connectivity index (χ1) is 17.0. The van der Waals surface area contributed by atoms with E-state index in [2.05, 4.69) is 4.90 Å². The minimum atomic E-state index is -0.872. The van der Waals surface area contributed by atoms with E-state index in [9.17, 15) is 14.0 Å². The van der Waals surface area contributed by atoms with Crippen LogP contribution in [0.25, 0.3) is 11.1 Å². The van der Waals surface area contributed by atoms with Crippen LogP contribution in [0.15, 0.2) is 54.6 Å². The third kappa shape index (κ3) is 4.82. The van der Waals surface area contributed by atoms with Crippen molar-refractivity contribution < 1.29 is 23.5 Å². The van der Waals surface area contributed by atoms with Crippen molar-refractivity contribution >= 4 is 11.9 Å². The van der Waals surface area contributed by atoms with E-state index in [0.717, 1.165) is 31.2 Å². The normalized spacial score (nSPS) is 16.2. The van der Waals surface area contributed by atoms with Crippen LogP contribution >= 0.6 is 0 Å². The fourth-order valence-electron chi connectivity index (χ4n) is 5.15. The molecule has 0 radical (unpaired) electrons. The van der Waals surface area contributed by atoms with Gasteiger partial charge in [-0.15, -0.1) is 0 Å². The molecule has 0 atom stereocenters. The van der Waals surface area contributed by atoms with Crippen LogP contribution in [0.2, 0.25) is 0 Å². The maximum absolute atomic E-state index is 13.8. The van der Waals surface area contributed by atoms with Crippen molar-refractivity contribution in [1.82, 2.24) is 9.88 Å². The smallest absolute Gasteiger partial charge is 0.437 e. The quantitative estimate of drug-likeness (QED) is 0.430. The summed E-state index contributed by atoms with van der Waals surface area (Å²) in [6.07, 6.45) is 3.10. The Morgan fingerprint density at radius 3 is 2.43 bits per heavy atom. The molecular weight excluding hydrogens is 447 g/mol. The van der Waals surface area contributed by atoms with Crippen molar-refractivity contribution in [2.24, 2.45) is 0 Å². The number of methoxy groups -OCH3 is 1. The highest BCUT2D eigenvalue weighted by atomic mass is 19.1. The summed E-state index contributed by atoms with van der Waals surface area (Å²) in [4.78, 5) is 32.9. The molecule has 1 aliphatic carbocycles. The van der Waals surface area contributed by atoms with Crippen molar-refractivity contribution in [2.45, 2.75) is 44.7 Å². The number of carbonyl (C=O) groups is 2. The van der Waals surface area contributed by atoms with Crippen molar-refractivity contribution in [1.29, 1.82) is 0 Å². The largest absolute Gasteiger partial charge is 0.513 e. The molecule has 0 saturated heterocycles. The second-order valence-electron chi connectivity index (χ2n) is 9.12. The van der Waals surface area contributed by atoms with Crippen LogP contribution in [0.4, 0.5) is 9.18 Å². The first-order valence-electron chi connectivity index (χ1n) is 11.9. The van der Waals surface area contributed by atoms with E-state index in [1.165, 1.54) is 19.2 Å². The number of rotatable bonds is 5. The molecule has 180 valence electrons. The Labute approximate surface area is 203 Å². The van der Waals surface area contributed by atoms with Gasteiger partial charge in [0.15, 0.2) is 11.5 Å². The Hall–Kier alpha value is -3.58. The molecule has 0 N–H and O–H groups in total. The van der Waals surface area contributed by atoms with Crippen LogP contribution in [0.5, 0.6) is 5.75 Å². The summed E-state index contributed by atoms with van der Waals surface area (Å²) in [6.45, 7) is 1.32. The lowest BCUT2D eigenvalue weighted by atomic mass is 9.88. The molecule has 7 heteroatoms. The molecule has 35 heavy (non-hydrogen) atoms. The van der Waals surface area contributed by atoms with Gasteiger partial charge in [0.25, 0.3) is 0 Å². The number of benzene rings is 2. The fraction of sp³-hybridized carbons (Fsp3) is 0.321. The number of hydrogen-bond acceptors (Lipinski definition) is 6. The van der Waals surface area contributed by atoms with Crippen LogP contribution in [-0.4, -0.2) is 35.5 Å². The average Bonchev–Trinajstić information content (AvgIpc) is 3.40. The number of aromatic nitrogens is 1. The van der Waals surface area contributed by atoms with Gasteiger partial charge in [-0.1, -0.05) is 55.3 Å². The molecular formula is C28H27FN2O4. The first-order valence-corrected chi connectivity index (χ1v) is 11.9. The summed E-state index contributed by atoms with van der Waals surface area (Å²) in [6, 6.07) is 15.9. The topological polar surface area (TPSA) is 68.7 Å². The number of halogens is 1. The Bertz CT molecular complexity index is 1240. The molecule has 0 amide bonds. The van der Waals surface area contributed by atoms with E-state index < -0.39 is 6.16 Å². The molecule has 0 unspecified atom stereocenters. The summed E-state index contributed by atoms with van der Waals surface area (Å²) in [5.41, 5.74) is 3.97. The van der Waals surface area contributed by atoms with E-state index in [1.807, 2.05) is 30.3 Å². The molecule has 1 saturated carbocycles. The monoisotopic (exact) mass is 474 g/mol. The van der Waals surface area contributed by atoms with Gasteiger partial charge in [-0.05, 0) is 36.1 Å². The minimum Gasteiger partial charge on any atom is -0.437 e. The number of Topliss-reactive ketones (excluding diaryl/α,β-unsaturated/α-hetero) is 1. The molecule has 0 spiro atoms. The molecule has 1 aromatic heterocycles. The SMILES string of the molecule is COC(=O)Oc1c(C2CCCC2)nc2c(c1-c1ccc(F)cc1)C(=O)CN(Cc1ccccc1)C2. The van der Waals surface area contributed by atoms with Gasteiger partial charge in [0.1, 0.15) is 5.82 Å². The van der Waals surface area contributed by atoms with E-state index >= 15 is 0 Å². The summed E-state index contributed by atoms with van der Waals surface area (Å²) in [7, 11) is 1.24. The lowest BCUT2D eigenvalue weighted by Gasteiger charge is -2.30. The van der Waals surface area contributed by atoms with Gasteiger partial charge in [0, 0.05) is 24.6 Å². The van der Waals surface area contributed by atoms with Crippen LogP contribution in [0.1, 0.15) is 58.9 Å². The lowest BCUT2D eigenvalue weighted by Crippen LogP contribution is -2.36. The molecule has 2 aromatic carbocycles. The Balaban J connectivity index is 1.66. The minimum absolute atomic E-state index is 0.110. The Morgan fingerprint density at radius 1 is 1.03 bits per heavy atom. The third-order valence-corrected chi connectivity index (χ3v) is 6.75. The number of pyridine rings is 1. The standard InChI is InChI=1S/C28H27FN2O4/c1-34-28(33)35-27-24(19-11-13-21(29)14-12-19)25-22(30-26(27)20-9-5-6-10-20)16-31(17-23(25)32)15-18-7-3-2-4-8-18/h2-4,7-8,11-14,20H,5-6,9-10,15-17H2,1H3. The molecule has 5 rings (SSSR count). The van der Waals surface area contributed by atoms with Crippen LogP contribution < -0.4 is 4.74 Å². The highest BCUT2D eigenvalue weighted by molar-refractivity contribution is 6.07. The summed E-state index contributed by atoms with van der Waals surface area (Å²) < 4.78 is 24.2. The molecule has 6 nitrogen and oxygen atoms in total. The van der Waals surface area contributed by atoms with Crippen molar-refractivity contribution in [3.63, 3.8) is 0 Å². The summed E-state index contributed by atoms with van der Waals surface area (Å²) >= 11 is 0. The van der Waals surface area contributed by atoms with Gasteiger partial charge in [0.2, 0.25) is 0 Å². The van der Waals surface area contributed by atoms with Crippen LogP contribution in [-0.2, 0) is 17.8 Å². The van der Waals surface area contributed by atoms with E-state index in [-0.39, 0.29) is 29.8 Å². The van der Waals surface area contributed by atoms with Crippen molar-refractivity contribution in [2.75, 3.05) is 13.7 Å². The predicted molar refractivity (Wildman–Crippen MR) is 129 cm³/mol. The number of ether oxygens (including phenoxy) is 2. The van der Waals surface area contributed by atoms with Crippen LogP contribution in [0.3, 0.4) is 0 Å². The zero-order chi connectivity index (χ0) is 24.4. The first kappa shape index (κ1) is 23.2. The van der Waals surface area contributed by atoms with Gasteiger partial charge < -0.3 is 9.47 Å². The molecule has 1 fully saturated rings. The van der Waals surface area contributed by atoms with Gasteiger partial charge in [0.05, 0.1) is 30.6 Å². The highest BCUT2D eigenvalue weighted by Crippen LogP contribution is 2.45. The molecule has 2 aliphatic rings. The van der Waals surface area contributed by atoms with E-state index in [4.69, 9.17) is 14.5 Å². The number of hydrogen-bond donors (Lipinski definition) is 0. The number of carbonyl (C=O) groups excluding carboxylic acids is 2. The fourth-order valence-corrected chi connectivity index (χ4v) is 5.15. The number of ketones is 1. The Morgan fingerprint density at radius 2 is 1.74 bits per heavy atom. The summed E-state index contributed by atoms with van der Waals surface area (Å²) in [5, 5.41) is 0. The summed E-state index contributed by atoms with van der Waals surface area (Å²) in [5.74, 6) is -0.136. The molecule has 1 aliphatic heterocycles. The van der Waals surface area contributed by atoms with Gasteiger partial charge in [-0.25, -0.2) is 9.18 Å². The maximum Gasteiger partial charge on any atom is 0.513 e. The zero-order valence-electron chi connectivity index (χ0n) is 19.6. The average molecular weight is 475 g/mol. The van der Waals surface area contributed by atoms with Gasteiger partial charge in [-0.3, -0.25) is 14.7 Å². The molecule has 0 bridgehead atoms. The maximum atomic E-state index is 13.8. The number of fused-ring (bicyclic) bond motifs is 1. The second-order valence-corrected chi connectivity index (χ2v) is 9.12. The highest BCUT2D eigenvalue weighted by Gasteiger charge is 2.35. The Kier molecular flexibility index (Phi) is 6.59. The number of nitrogens with zero attached hydrogens (tertiary/aromatic N) is 2. The second kappa shape index (κ2) is 9.96. The van der Waals surface area contributed by atoms with Gasteiger partial charge in [-0.2, -0.15) is 0 Å².